The fourth-order valence-corrected chi connectivity index (χ4v) is 3.87. The van der Waals surface area contributed by atoms with Crippen LogP contribution in [0.15, 0.2) is 39.7 Å². The minimum atomic E-state index is -0.288. The zero-order valence-electron chi connectivity index (χ0n) is 11.9. The van der Waals surface area contributed by atoms with Gasteiger partial charge in [-0.3, -0.25) is 9.69 Å². The first-order valence-electron chi connectivity index (χ1n) is 6.48. The second kappa shape index (κ2) is 5.27. The van der Waals surface area contributed by atoms with Crippen molar-refractivity contribution in [2.45, 2.75) is 13.8 Å². The molecule has 0 saturated carbocycles. The topological polar surface area (TPSA) is 41.9 Å². The fraction of sp³-hybridized carbons (Fsp3) is 0.267. The van der Waals surface area contributed by atoms with E-state index in [0.717, 1.165) is 27.0 Å². The lowest BCUT2D eigenvalue weighted by molar-refractivity contribution is -0.118. The minimum Gasteiger partial charge on any atom is -0.497 e. The number of ether oxygens (including phenoxy) is 1. The average molecular weight is 318 g/mol. The number of allylic oxidation sites excluding steroid dienone is 1. The Morgan fingerprint density at radius 3 is 2.57 bits per heavy atom. The molecule has 1 amide bonds. The van der Waals surface area contributed by atoms with E-state index in [9.17, 15) is 4.79 Å². The highest BCUT2D eigenvalue weighted by Gasteiger charge is 2.41. The number of methoxy groups -OCH3 is 1. The van der Waals surface area contributed by atoms with Gasteiger partial charge in [0.2, 0.25) is 11.0 Å². The van der Waals surface area contributed by atoms with Crippen LogP contribution in [0.5, 0.6) is 5.75 Å². The summed E-state index contributed by atoms with van der Waals surface area (Å²) in [6.07, 6.45) is 0. The lowest BCUT2D eigenvalue weighted by Gasteiger charge is -2.29. The molecular weight excluding hydrogens is 304 g/mol. The van der Waals surface area contributed by atoms with Gasteiger partial charge in [0.15, 0.2) is 0 Å². The molecule has 21 heavy (non-hydrogen) atoms. The van der Waals surface area contributed by atoms with Gasteiger partial charge in [-0.15, -0.1) is 0 Å². The van der Waals surface area contributed by atoms with Crippen LogP contribution in [-0.4, -0.2) is 23.2 Å². The van der Waals surface area contributed by atoms with Gasteiger partial charge in [0.05, 0.1) is 17.8 Å². The van der Waals surface area contributed by atoms with Crippen molar-refractivity contribution in [2.24, 2.45) is 10.9 Å². The fourth-order valence-electron chi connectivity index (χ4n) is 2.40. The Bertz CT molecular complexity index is 692. The summed E-state index contributed by atoms with van der Waals surface area (Å²) >= 11 is 6.85. The number of nitrogens with zero attached hydrogens (tertiary/aromatic N) is 2. The standard InChI is InChI=1S/C15H14N2O2S2/c1-8-9(2)21-13-12(8)14(18)17(15(20)16-13)10-4-6-11(19-3)7-5-10/h4-7,12H,1-3H3. The number of anilines is 1. The summed E-state index contributed by atoms with van der Waals surface area (Å²) in [7, 11) is 1.61. The van der Waals surface area contributed by atoms with Crippen molar-refractivity contribution in [3.8, 4) is 5.75 Å². The van der Waals surface area contributed by atoms with Crippen molar-refractivity contribution in [3.05, 3.63) is 34.7 Å². The molecule has 1 atom stereocenters. The van der Waals surface area contributed by atoms with E-state index in [1.807, 2.05) is 38.1 Å². The molecule has 2 aliphatic rings. The van der Waals surface area contributed by atoms with Crippen LogP contribution in [0, 0.1) is 5.92 Å². The number of fused-ring (bicyclic) bond motifs is 1. The molecule has 1 unspecified atom stereocenters. The molecule has 0 bridgehead atoms. The second-order valence-electron chi connectivity index (χ2n) is 4.88. The first-order chi connectivity index (χ1) is 10.0. The van der Waals surface area contributed by atoms with Crippen molar-refractivity contribution in [1.29, 1.82) is 0 Å². The van der Waals surface area contributed by atoms with Crippen molar-refractivity contribution >= 4 is 45.7 Å². The molecule has 108 valence electrons. The third kappa shape index (κ3) is 2.28. The number of carbonyl (C=O) groups is 1. The van der Waals surface area contributed by atoms with Gasteiger partial charge in [-0.2, -0.15) is 0 Å². The average Bonchev–Trinajstić information content (AvgIpc) is 2.74. The first kappa shape index (κ1) is 14.3. The third-order valence-corrected chi connectivity index (χ3v) is 5.13. The number of thiocarbonyl (C=S) groups is 1. The van der Waals surface area contributed by atoms with Crippen molar-refractivity contribution in [3.63, 3.8) is 0 Å². The number of thioether (sulfide) groups is 1. The van der Waals surface area contributed by atoms with Crippen molar-refractivity contribution in [1.82, 2.24) is 0 Å². The van der Waals surface area contributed by atoms with E-state index in [-0.39, 0.29) is 11.8 Å². The van der Waals surface area contributed by atoms with Gasteiger partial charge in [-0.25, -0.2) is 4.99 Å². The minimum absolute atomic E-state index is 0.0305. The number of benzene rings is 1. The summed E-state index contributed by atoms with van der Waals surface area (Å²) in [5.74, 6) is 0.419. The Labute approximate surface area is 132 Å². The lowest BCUT2D eigenvalue weighted by Crippen LogP contribution is -2.45. The lowest BCUT2D eigenvalue weighted by atomic mass is 9.98. The van der Waals surface area contributed by atoms with Crippen LogP contribution in [0.25, 0.3) is 0 Å². The van der Waals surface area contributed by atoms with Gasteiger partial charge in [-0.1, -0.05) is 11.8 Å². The molecule has 2 heterocycles. The van der Waals surface area contributed by atoms with Crippen LogP contribution < -0.4 is 9.64 Å². The highest BCUT2D eigenvalue weighted by Crippen LogP contribution is 2.41. The molecular formula is C15H14N2O2S2. The Balaban J connectivity index is 2.00. The molecule has 0 aromatic heterocycles. The molecule has 2 aliphatic heterocycles. The molecule has 1 aromatic carbocycles. The molecule has 1 aromatic rings. The maximum absolute atomic E-state index is 12.8. The highest BCUT2D eigenvalue weighted by molar-refractivity contribution is 8.17. The summed E-state index contributed by atoms with van der Waals surface area (Å²) in [5, 5.41) is 1.09. The van der Waals surface area contributed by atoms with Gasteiger partial charge in [0.25, 0.3) is 0 Å². The van der Waals surface area contributed by atoms with Gasteiger partial charge >= 0.3 is 0 Å². The monoisotopic (exact) mass is 318 g/mol. The van der Waals surface area contributed by atoms with Gasteiger partial charge in [-0.05, 0) is 60.8 Å². The third-order valence-electron chi connectivity index (χ3n) is 3.69. The predicted octanol–water partition coefficient (Wildman–Crippen LogP) is 3.38. The molecule has 0 spiro atoms. The zero-order valence-corrected chi connectivity index (χ0v) is 13.5. The Morgan fingerprint density at radius 2 is 1.95 bits per heavy atom. The number of hydrogen-bond acceptors (Lipinski definition) is 4. The highest BCUT2D eigenvalue weighted by atomic mass is 32.2. The predicted molar refractivity (Wildman–Crippen MR) is 90.0 cm³/mol. The Hall–Kier alpha value is -1.66. The van der Waals surface area contributed by atoms with Crippen LogP contribution in [-0.2, 0) is 4.79 Å². The second-order valence-corrected chi connectivity index (χ2v) is 6.48. The SMILES string of the molecule is COc1ccc(N2C(=O)C3C(=NC2=S)SC(C)=C3C)cc1. The number of amides is 1. The molecule has 0 saturated heterocycles. The Morgan fingerprint density at radius 1 is 1.29 bits per heavy atom. The van der Waals surface area contributed by atoms with E-state index < -0.39 is 0 Å². The number of carbonyl (C=O) groups excluding carboxylic acids is 1. The van der Waals surface area contributed by atoms with Crippen LogP contribution in [0.1, 0.15) is 13.8 Å². The number of aliphatic imine (C=N–C) groups is 1. The molecule has 4 nitrogen and oxygen atoms in total. The van der Waals surface area contributed by atoms with Crippen LogP contribution >= 0.6 is 24.0 Å². The van der Waals surface area contributed by atoms with Crippen molar-refractivity contribution < 1.29 is 9.53 Å². The molecule has 0 aliphatic carbocycles. The van der Waals surface area contributed by atoms with E-state index >= 15 is 0 Å². The Kier molecular flexibility index (Phi) is 3.59. The summed E-state index contributed by atoms with van der Waals surface area (Å²) in [6, 6.07) is 7.25. The zero-order chi connectivity index (χ0) is 15.1. The van der Waals surface area contributed by atoms with Crippen molar-refractivity contribution in [2.75, 3.05) is 12.0 Å². The molecule has 0 fully saturated rings. The number of hydrogen-bond donors (Lipinski definition) is 0. The van der Waals surface area contributed by atoms with E-state index in [1.54, 1.807) is 18.9 Å². The molecule has 3 rings (SSSR count). The summed E-state index contributed by atoms with van der Waals surface area (Å²) in [4.78, 5) is 19.9. The maximum Gasteiger partial charge on any atom is 0.247 e. The summed E-state index contributed by atoms with van der Waals surface area (Å²) in [6.45, 7) is 3.99. The molecule has 0 radical (unpaired) electrons. The van der Waals surface area contributed by atoms with Gasteiger partial charge in [0.1, 0.15) is 11.7 Å². The number of rotatable bonds is 2. The van der Waals surface area contributed by atoms with Gasteiger partial charge < -0.3 is 4.74 Å². The van der Waals surface area contributed by atoms with Crippen LogP contribution in [0.2, 0.25) is 0 Å². The largest absolute Gasteiger partial charge is 0.497 e. The van der Waals surface area contributed by atoms with E-state index in [4.69, 9.17) is 17.0 Å². The van der Waals surface area contributed by atoms with E-state index in [0.29, 0.717) is 5.11 Å². The van der Waals surface area contributed by atoms with Crippen LogP contribution in [0.4, 0.5) is 5.69 Å². The quantitative estimate of drug-likeness (QED) is 0.784. The first-order valence-corrected chi connectivity index (χ1v) is 7.71. The van der Waals surface area contributed by atoms with Gasteiger partial charge in [0, 0.05) is 0 Å². The van der Waals surface area contributed by atoms with E-state index in [2.05, 4.69) is 4.99 Å². The summed E-state index contributed by atoms with van der Waals surface area (Å²) < 4.78 is 5.14. The normalized spacial score (nSPS) is 21.6. The molecule has 6 heteroatoms. The smallest absolute Gasteiger partial charge is 0.247 e. The van der Waals surface area contributed by atoms with E-state index in [1.165, 1.54) is 4.90 Å². The maximum atomic E-state index is 12.8. The molecule has 0 N–H and O–H groups in total. The summed E-state index contributed by atoms with van der Waals surface area (Å²) in [5.41, 5.74) is 1.78. The van der Waals surface area contributed by atoms with Crippen LogP contribution in [0.3, 0.4) is 0 Å².